The zero-order chi connectivity index (χ0) is 19.9. The highest BCUT2D eigenvalue weighted by atomic mass is 16.5. The molecule has 1 aliphatic rings. The number of rotatable bonds is 8. The fourth-order valence-electron chi connectivity index (χ4n) is 3.55. The van der Waals surface area contributed by atoms with Gasteiger partial charge in [-0.1, -0.05) is 18.2 Å². The number of carbonyl (C=O) groups is 1. The van der Waals surface area contributed by atoms with E-state index in [2.05, 4.69) is 29.3 Å². The van der Waals surface area contributed by atoms with Crippen LogP contribution in [-0.4, -0.2) is 44.2 Å². The van der Waals surface area contributed by atoms with Gasteiger partial charge in [0.05, 0.1) is 13.2 Å². The van der Waals surface area contributed by atoms with Gasteiger partial charge in [0.1, 0.15) is 11.5 Å². The van der Waals surface area contributed by atoms with Gasteiger partial charge >= 0.3 is 0 Å². The SMILES string of the molecule is COc1ccc(C(CNC(=O)COc2ccc(C)c(C)c2)N2CCCC2)cc1. The van der Waals surface area contributed by atoms with Gasteiger partial charge in [0.2, 0.25) is 0 Å². The van der Waals surface area contributed by atoms with Crippen LogP contribution >= 0.6 is 0 Å². The molecule has 1 fully saturated rings. The van der Waals surface area contributed by atoms with E-state index in [1.54, 1.807) is 7.11 Å². The third-order valence-corrected chi connectivity index (χ3v) is 5.42. The number of likely N-dealkylation sites (tertiary alicyclic amines) is 1. The Hall–Kier alpha value is -2.53. The highest BCUT2D eigenvalue weighted by Gasteiger charge is 2.24. The molecule has 0 bridgehead atoms. The van der Waals surface area contributed by atoms with Gasteiger partial charge < -0.3 is 14.8 Å². The molecule has 1 aliphatic heterocycles. The van der Waals surface area contributed by atoms with E-state index in [1.165, 1.54) is 24.0 Å². The van der Waals surface area contributed by atoms with Gasteiger partial charge in [-0.3, -0.25) is 9.69 Å². The molecule has 0 spiro atoms. The number of carbonyl (C=O) groups excluding carboxylic acids is 1. The minimum absolute atomic E-state index is 0.0256. The number of nitrogens with zero attached hydrogens (tertiary/aromatic N) is 1. The summed E-state index contributed by atoms with van der Waals surface area (Å²) in [5, 5.41) is 3.05. The summed E-state index contributed by atoms with van der Waals surface area (Å²) in [6.07, 6.45) is 2.41. The minimum Gasteiger partial charge on any atom is -0.497 e. The van der Waals surface area contributed by atoms with Crippen molar-refractivity contribution < 1.29 is 14.3 Å². The van der Waals surface area contributed by atoms with Gasteiger partial charge in [-0.25, -0.2) is 0 Å². The summed E-state index contributed by atoms with van der Waals surface area (Å²) in [6.45, 7) is 6.82. The van der Waals surface area contributed by atoms with Crippen LogP contribution in [0, 0.1) is 13.8 Å². The first kappa shape index (κ1) is 20.2. The number of ether oxygens (including phenoxy) is 2. The number of amides is 1. The van der Waals surface area contributed by atoms with Gasteiger partial charge in [-0.05, 0) is 80.7 Å². The lowest BCUT2D eigenvalue weighted by atomic mass is 10.1. The largest absolute Gasteiger partial charge is 0.497 e. The Labute approximate surface area is 167 Å². The molecule has 5 heteroatoms. The Morgan fingerprint density at radius 2 is 1.71 bits per heavy atom. The van der Waals surface area contributed by atoms with Crippen LogP contribution in [0.15, 0.2) is 42.5 Å². The van der Waals surface area contributed by atoms with Gasteiger partial charge in [0.25, 0.3) is 5.91 Å². The second-order valence-corrected chi connectivity index (χ2v) is 7.37. The molecule has 3 rings (SSSR count). The first-order chi connectivity index (χ1) is 13.6. The lowest BCUT2D eigenvalue weighted by Gasteiger charge is -2.28. The number of benzene rings is 2. The molecule has 1 unspecified atom stereocenters. The molecular formula is C23H30N2O3. The maximum absolute atomic E-state index is 12.3. The van der Waals surface area contributed by atoms with E-state index in [0.717, 1.165) is 30.2 Å². The summed E-state index contributed by atoms with van der Waals surface area (Å²) >= 11 is 0. The number of methoxy groups -OCH3 is 1. The molecule has 5 nitrogen and oxygen atoms in total. The van der Waals surface area contributed by atoms with Gasteiger partial charge in [-0.2, -0.15) is 0 Å². The van der Waals surface area contributed by atoms with E-state index in [9.17, 15) is 4.79 Å². The van der Waals surface area contributed by atoms with Gasteiger partial charge in [0, 0.05) is 6.54 Å². The van der Waals surface area contributed by atoms with Crippen molar-refractivity contribution in [1.82, 2.24) is 10.2 Å². The van der Waals surface area contributed by atoms with Crippen LogP contribution in [-0.2, 0) is 4.79 Å². The highest BCUT2D eigenvalue weighted by molar-refractivity contribution is 5.77. The molecule has 2 aromatic carbocycles. The topological polar surface area (TPSA) is 50.8 Å². The molecule has 150 valence electrons. The van der Waals surface area contributed by atoms with Crippen molar-refractivity contribution in [2.24, 2.45) is 0 Å². The molecule has 0 saturated carbocycles. The molecule has 1 atom stereocenters. The molecule has 2 aromatic rings. The number of aryl methyl sites for hydroxylation is 2. The summed E-state index contributed by atoms with van der Waals surface area (Å²) in [4.78, 5) is 14.8. The maximum Gasteiger partial charge on any atom is 0.258 e. The molecule has 0 aromatic heterocycles. The summed E-state index contributed by atoms with van der Waals surface area (Å²) < 4.78 is 10.9. The van der Waals surface area contributed by atoms with Gasteiger partial charge in [-0.15, -0.1) is 0 Å². The monoisotopic (exact) mass is 382 g/mol. The van der Waals surface area contributed by atoms with Crippen molar-refractivity contribution in [2.75, 3.05) is 33.4 Å². The Kier molecular flexibility index (Phi) is 6.93. The van der Waals surface area contributed by atoms with E-state index in [-0.39, 0.29) is 18.6 Å². The van der Waals surface area contributed by atoms with Crippen molar-refractivity contribution in [3.8, 4) is 11.5 Å². The molecule has 1 amide bonds. The normalized spacial score (nSPS) is 15.2. The van der Waals surface area contributed by atoms with E-state index >= 15 is 0 Å². The second kappa shape index (κ2) is 9.60. The summed E-state index contributed by atoms with van der Waals surface area (Å²) in [7, 11) is 1.67. The predicted octanol–water partition coefficient (Wildman–Crippen LogP) is 3.64. The highest BCUT2D eigenvalue weighted by Crippen LogP contribution is 2.26. The zero-order valence-electron chi connectivity index (χ0n) is 17.0. The Balaban J connectivity index is 1.57. The molecule has 0 aliphatic carbocycles. The number of hydrogen-bond acceptors (Lipinski definition) is 4. The second-order valence-electron chi connectivity index (χ2n) is 7.37. The van der Waals surface area contributed by atoms with Crippen LogP contribution in [0.2, 0.25) is 0 Å². The minimum atomic E-state index is -0.101. The lowest BCUT2D eigenvalue weighted by molar-refractivity contribution is -0.123. The van der Waals surface area contributed by atoms with Crippen LogP contribution in [0.3, 0.4) is 0 Å². The molecule has 28 heavy (non-hydrogen) atoms. The van der Waals surface area contributed by atoms with Crippen LogP contribution in [0.5, 0.6) is 11.5 Å². The Morgan fingerprint density at radius 1 is 1.04 bits per heavy atom. The van der Waals surface area contributed by atoms with Crippen LogP contribution < -0.4 is 14.8 Å². The standard InChI is InChI=1S/C23H30N2O3/c1-17-6-9-21(14-18(17)2)28-16-23(26)24-15-22(25-12-4-5-13-25)19-7-10-20(27-3)11-8-19/h6-11,14,22H,4-5,12-13,15-16H2,1-3H3,(H,24,26). The molecule has 0 radical (unpaired) electrons. The van der Waals surface area contributed by atoms with E-state index < -0.39 is 0 Å². The molecule has 1 saturated heterocycles. The fourth-order valence-corrected chi connectivity index (χ4v) is 3.55. The lowest BCUT2D eigenvalue weighted by Crippen LogP contribution is -2.38. The van der Waals surface area contributed by atoms with Crippen LogP contribution in [0.4, 0.5) is 0 Å². The first-order valence-electron chi connectivity index (χ1n) is 9.91. The Morgan fingerprint density at radius 3 is 2.36 bits per heavy atom. The summed E-state index contributed by atoms with van der Waals surface area (Å²) in [5.74, 6) is 1.47. The summed E-state index contributed by atoms with van der Waals surface area (Å²) in [6, 6.07) is 14.2. The average molecular weight is 383 g/mol. The number of nitrogens with one attached hydrogen (secondary N) is 1. The van der Waals surface area contributed by atoms with E-state index in [1.807, 2.05) is 37.3 Å². The quantitative estimate of drug-likeness (QED) is 0.757. The smallest absolute Gasteiger partial charge is 0.258 e. The van der Waals surface area contributed by atoms with Crippen molar-refractivity contribution >= 4 is 5.91 Å². The van der Waals surface area contributed by atoms with Crippen LogP contribution in [0.1, 0.15) is 35.6 Å². The third-order valence-electron chi connectivity index (χ3n) is 5.42. The van der Waals surface area contributed by atoms with Crippen molar-refractivity contribution in [2.45, 2.75) is 32.7 Å². The van der Waals surface area contributed by atoms with Gasteiger partial charge in [0.15, 0.2) is 6.61 Å². The van der Waals surface area contributed by atoms with Crippen molar-refractivity contribution in [1.29, 1.82) is 0 Å². The van der Waals surface area contributed by atoms with E-state index in [4.69, 9.17) is 9.47 Å². The molecule has 1 heterocycles. The first-order valence-corrected chi connectivity index (χ1v) is 9.91. The fraction of sp³-hybridized carbons (Fsp3) is 0.435. The predicted molar refractivity (Wildman–Crippen MR) is 111 cm³/mol. The summed E-state index contributed by atoms with van der Waals surface area (Å²) in [5.41, 5.74) is 3.56. The maximum atomic E-state index is 12.3. The Bertz CT molecular complexity index is 783. The van der Waals surface area contributed by atoms with Crippen molar-refractivity contribution in [3.05, 3.63) is 59.2 Å². The van der Waals surface area contributed by atoms with Crippen LogP contribution in [0.25, 0.3) is 0 Å². The van der Waals surface area contributed by atoms with E-state index in [0.29, 0.717) is 6.54 Å². The molecule has 1 N–H and O–H groups in total. The molecular weight excluding hydrogens is 352 g/mol. The number of hydrogen-bond donors (Lipinski definition) is 1. The average Bonchev–Trinajstić information content (AvgIpc) is 3.24. The van der Waals surface area contributed by atoms with Crippen molar-refractivity contribution in [3.63, 3.8) is 0 Å². The zero-order valence-corrected chi connectivity index (χ0v) is 17.0. The third kappa shape index (κ3) is 5.26.